The molecule has 0 radical (unpaired) electrons. The van der Waals surface area contributed by atoms with Gasteiger partial charge in [-0.3, -0.25) is 14.4 Å². The first-order valence-corrected chi connectivity index (χ1v) is 6.97. The van der Waals surface area contributed by atoms with E-state index in [9.17, 15) is 18.8 Å². The third-order valence-corrected chi connectivity index (χ3v) is 3.42. The Labute approximate surface area is 124 Å². The number of amides is 1. The van der Waals surface area contributed by atoms with Gasteiger partial charge in [0.1, 0.15) is 18.9 Å². The lowest BCUT2D eigenvalue weighted by Crippen LogP contribution is -2.39. The van der Waals surface area contributed by atoms with Crippen molar-refractivity contribution < 1.29 is 29.0 Å². The summed E-state index contributed by atoms with van der Waals surface area (Å²) >= 11 is 1.30. The highest BCUT2D eigenvalue weighted by atomic mass is 32.2. The van der Waals surface area contributed by atoms with Gasteiger partial charge in [-0.25, -0.2) is 4.39 Å². The Bertz CT molecular complexity index is 504. The first-order chi connectivity index (χ1) is 9.88. The molecule has 21 heavy (non-hydrogen) atoms. The summed E-state index contributed by atoms with van der Waals surface area (Å²) in [4.78, 5) is 34.5. The number of carbonyl (C=O) groups is 3. The van der Waals surface area contributed by atoms with Crippen LogP contribution in [0.3, 0.4) is 0 Å². The van der Waals surface area contributed by atoms with Crippen LogP contribution in [-0.4, -0.2) is 51.8 Å². The molecule has 1 aromatic carbocycles. The zero-order chi connectivity index (χ0) is 15.8. The van der Waals surface area contributed by atoms with E-state index in [0.717, 1.165) is 9.80 Å². The number of carbonyl (C=O) groups excluding carboxylic acids is 1. The molecule has 0 saturated heterocycles. The molecule has 0 saturated carbocycles. The molecule has 0 aliphatic carbocycles. The van der Waals surface area contributed by atoms with Gasteiger partial charge in [-0.15, -0.1) is 11.8 Å². The fraction of sp³-hybridized carbons (Fsp3) is 0.308. The Morgan fingerprint density at radius 2 is 1.57 bits per heavy atom. The lowest BCUT2D eigenvalue weighted by molar-refractivity contribution is -0.149. The Balaban J connectivity index is 2.47. The molecule has 0 aliphatic heterocycles. The lowest BCUT2D eigenvalue weighted by atomic mass is 10.3. The molecule has 114 valence electrons. The Kier molecular flexibility index (Phi) is 6.67. The van der Waals surface area contributed by atoms with Crippen LogP contribution in [0.1, 0.15) is 6.42 Å². The first kappa shape index (κ1) is 17.0. The van der Waals surface area contributed by atoms with Crippen molar-refractivity contribution in [3.63, 3.8) is 0 Å². The van der Waals surface area contributed by atoms with Gasteiger partial charge in [0.05, 0.1) is 0 Å². The van der Waals surface area contributed by atoms with Crippen molar-refractivity contribution >= 4 is 29.6 Å². The van der Waals surface area contributed by atoms with Crippen molar-refractivity contribution in [1.82, 2.24) is 4.90 Å². The van der Waals surface area contributed by atoms with Crippen molar-refractivity contribution in [3.8, 4) is 0 Å². The normalized spacial score (nSPS) is 10.1. The second-order valence-corrected chi connectivity index (χ2v) is 5.26. The molecule has 0 unspecified atom stereocenters. The van der Waals surface area contributed by atoms with Crippen LogP contribution in [0.25, 0.3) is 0 Å². The summed E-state index contributed by atoms with van der Waals surface area (Å²) in [6.07, 6.45) is 0.00258. The summed E-state index contributed by atoms with van der Waals surface area (Å²) in [5.74, 6) is -3.09. The molecule has 0 spiro atoms. The summed E-state index contributed by atoms with van der Waals surface area (Å²) in [7, 11) is 0. The largest absolute Gasteiger partial charge is 0.480 e. The highest BCUT2D eigenvalue weighted by Gasteiger charge is 2.19. The lowest BCUT2D eigenvalue weighted by Gasteiger charge is -2.18. The number of halogens is 1. The van der Waals surface area contributed by atoms with E-state index in [0.29, 0.717) is 5.75 Å². The first-order valence-electron chi connectivity index (χ1n) is 5.98. The Morgan fingerprint density at radius 3 is 2.05 bits per heavy atom. The fourth-order valence-electron chi connectivity index (χ4n) is 1.50. The fourth-order valence-corrected chi connectivity index (χ4v) is 2.34. The second-order valence-electron chi connectivity index (χ2n) is 4.09. The van der Waals surface area contributed by atoms with E-state index in [1.165, 1.54) is 23.9 Å². The van der Waals surface area contributed by atoms with Gasteiger partial charge in [0.15, 0.2) is 0 Å². The highest BCUT2D eigenvalue weighted by molar-refractivity contribution is 7.99. The molecule has 0 aliphatic rings. The molecular weight excluding hydrogens is 301 g/mol. The monoisotopic (exact) mass is 315 g/mol. The third kappa shape index (κ3) is 6.75. The SMILES string of the molecule is O=C(O)CN(CC(=O)O)C(=O)CCSc1ccc(F)cc1. The van der Waals surface area contributed by atoms with Gasteiger partial charge in [0.25, 0.3) is 0 Å². The minimum absolute atomic E-state index is 0.00258. The molecule has 8 heteroatoms. The van der Waals surface area contributed by atoms with E-state index in [2.05, 4.69) is 0 Å². The summed E-state index contributed by atoms with van der Waals surface area (Å²) in [6.45, 7) is -1.29. The smallest absolute Gasteiger partial charge is 0.323 e. The predicted octanol–water partition coefficient (Wildman–Crippen LogP) is 1.31. The molecule has 0 bridgehead atoms. The van der Waals surface area contributed by atoms with Crippen molar-refractivity contribution in [2.45, 2.75) is 11.3 Å². The van der Waals surface area contributed by atoms with Gasteiger partial charge in [-0.1, -0.05) is 0 Å². The second kappa shape index (κ2) is 8.25. The van der Waals surface area contributed by atoms with Crippen LogP contribution in [0.15, 0.2) is 29.2 Å². The Hall–Kier alpha value is -2.09. The number of thioether (sulfide) groups is 1. The van der Waals surface area contributed by atoms with E-state index < -0.39 is 30.9 Å². The molecule has 1 rings (SSSR count). The van der Waals surface area contributed by atoms with Crippen LogP contribution in [0, 0.1) is 5.82 Å². The number of rotatable bonds is 8. The van der Waals surface area contributed by atoms with Crippen molar-refractivity contribution in [1.29, 1.82) is 0 Å². The predicted molar refractivity (Wildman–Crippen MR) is 73.6 cm³/mol. The number of nitrogens with zero attached hydrogens (tertiary/aromatic N) is 1. The quantitative estimate of drug-likeness (QED) is 0.702. The van der Waals surface area contributed by atoms with Gasteiger partial charge in [-0.2, -0.15) is 0 Å². The van der Waals surface area contributed by atoms with Crippen molar-refractivity contribution in [2.24, 2.45) is 0 Å². The molecule has 0 atom stereocenters. The maximum Gasteiger partial charge on any atom is 0.323 e. The van der Waals surface area contributed by atoms with Crippen molar-refractivity contribution in [2.75, 3.05) is 18.8 Å². The molecule has 6 nitrogen and oxygen atoms in total. The summed E-state index contributed by atoms with van der Waals surface area (Å²) < 4.78 is 12.7. The van der Waals surface area contributed by atoms with E-state index in [1.807, 2.05) is 0 Å². The summed E-state index contributed by atoms with van der Waals surface area (Å²) in [5.41, 5.74) is 0. The average molecular weight is 315 g/mol. The van der Waals surface area contributed by atoms with E-state index >= 15 is 0 Å². The van der Waals surface area contributed by atoms with Crippen LogP contribution in [-0.2, 0) is 14.4 Å². The van der Waals surface area contributed by atoms with E-state index in [-0.39, 0.29) is 12.2 Å². The molecule has 2 N–H and O–H groups in total. The minimum atomic E-state index is -1.27. The maximum atomic E-state index is 12.7. The topological polar surface area (TPSA) is 94.9 Å². The van der Waals surface area contributed by atoms with E-state index in [1.54, 1.807) is 12.1 Å². The summed E-state index contributed by atoms with van der Waals surface area (Å²) in [6, 6.07) is 5.73. The summed E-state index contributed by atoms with van der Waals surface area (Å²) in [5, 5.41) is 17.3. The van der Waals surface area contributed by atoms with Gasteiger partial charge in [0.2, 0.25) is 5.91 Å². The van der Waals surface area contributed by atoms with Gasteiger partial charge in [0, 0.05) is 17.1 Å². The van der Waals surface area contributed by atoms with Crippen LogP contribution >= 0.6 is 11.8 Å². The van der Waals surface area contributed by atoms with Crippen molar-refractivity contribution in [3.05, 3.63) is 30.1 Å². The van der Waals surface area contributed by atoms with Crippen LogP contribution in [0.2, 0.25) is 0 Å². The van der Waals surface area contributed by atoms with Crippen LogP contribution in [0.4, 0.5) is 4.39 Å². The molecular formula is C13H14FNO5S. The zero-order valence-corrected chi connectivity index (χ0v) is 11.8. The van der Waals surface area contributed by atoms with Gasteiger partial charge >= 0.3 is 11.9 Å². The zero-order valence-electron chi connectivity index (χ0n) is 11.0. The standard InChI is InChI=1S/C13H14FNO5S/c14-9-1-3-10(4-2-9)21-6-5-11(16)15(7-12(17)18)8-13(19)20/h1-4H,5-8H2,(H,17,18)(H,19,20). The van der Waals surface area contributed by atoms with Crippen LogP contribution in [0.5, 0.6) is 0 Å². The molecule has 0 heterocycles. The molecule has 0 fully saturated rings. The molecule has 1 amide bonds. The number of hydrogen-bond donors (Lipinski definition) is 2. The van der Waals surface area contributed by atoms with Crippen LogP contribution < -0.4 is 0 Å². The number of benzene rings is 1. The number of carboxylic acids is 2. The minimum Gasteiger partial charge on any atom is -0.480 e. The van der Waals surface area contributed by atoms with E-state index in [4.69, 9.17) is 10.2 Å². The maximum absolute atomic E-state index is 12.7. The van der Waals surface area contributed by atoms with Gasteiger partial charge < -0.3 is 15.1 Å². The number of carboxylic acid groups (broad SMARTS) is 2. The number of hydrogen-bond acceptors (Lipinski definition) is 4. The van der Waals surface area contributed by atoms with Gasteiger partial charge in [-0.05, 0) is 24.3 Å². The highest BCUT2D eigenvalue weighted by Crippen LogP contribution is 2.19. The molecule has 0 aromatic heterocycles. The number of aliphatic carboxylic acids is 2. The molecule has 1 aromatic rings. The third-order valence-electron chi connectivity index (χ3n) is 2.40. The average Bonchev–Trinajstić information content (AvgIpc) is 2.39. The Morgan fingerprint density at radius 1 is 1.05 bits per heavy atom.